The lowest BCUT2D eigenvalue weighted by molar-refractivity contribution is -0.139. The summed E-state index contributed by atoms with van der Waals surface area (Å²) in [5.74, 6) is -0.314. The van der Waals surface area contributed by atoms with E-state index in [2.05, 4.69) is 12.2 Å². The Bertz CT molecular complexity index is 220. The fourth-order valence-electron chi connectivity index (χ4n) is 2.26. The summed E-state index contributed by atoms with van der Waals surface area (Å²) in [7, 11) is 0. The maximum absolute atomic E-state index is 11.0. The van der Waals surface area contributed by atoms with E-state index in [1.807, 2.05) is 0 Å². The van der Waals surface area contributed by atoms with Crippen LogP contribution in [0.15, 0.2) is 0 Å². The highest BCUT2D eigenvalue weighted by molar-refractivity contribution is 5.73. The van der Waals surface area contributed by atoms with Crippen molar-refractivity contribution in [1.82, 2.24) is 5.32 Å². The molecule has 0 amide bonds. The quantitative estimate of drug-likeness (QED) is 0.617. The monoisotopic (exact) mass is 229 g/mol. The van der Waals surface area contributed by atoms with Crippen molar-refractivity contribution in [2.75, 3.05) is 6.54 Å². The van der Waals surface area contributed by atoms with Crippen LogP contribution in [-0.2, 0) is 4.79 Å². The molecular formula is C12H23NO3. The number of carboxylic acids is 1. The van der Waals surface area contributed by atoms with Gasteiger partial charge in [-0.15, -0.1) is 0 Å². The van der Waals surface area contributed by atoms with Crippen molar-refractivity contribution in [3.05, 3.63) is 0 Å². The Balaban J connectivity index is 2.23. The minimum atomic E-state index is -0.757. The highest BCUT2D eigenvalue weighted by Gasteiger charge is 2.24. The lowest BCUT2D eigenvalue weighted by Gasteiger charge is -2.17. The molecule has 3 unspecified atom stereocenters. The third-order valence-corrected chi connectivity index (χ3v) is 3.31. The number of unbranched alkanes of at least 4 members (excludes halogenated alkanes) is 1. The maximum Gasteiger partial charge on any atom is 0.320 e. The second kappa shape index (κ2) is 6.86. The van der Waals surface area contributed by atoms with E-state index in [-0.39, 0.29) is 6.10 Å². The van der Waals surface area contributed by atoms with Crippen molar-refractivity contribution in [1.29, 1.82) is 0 Å². The fraction of sp³-hybridized carbons (Fsp3) is 0.917. The smallest absolute Gasteiger partial charge is 0.320 e. The van der Waals surface area contributed by atoms with E-state index in [9.17, 15) is 9.90 Å². The molecule has 1 aliphatic carbocycles. The summed E-state index contributed by atoms with van der Waals surface area (Å²) in [5.41, 5.74) is 0. The molecule has 94 valence electrons. The maximum atomic E-state index is 11.0. The molecule has 0 bridgehead atoms. The molecule has 0 aromatic heterocycles. The summed E-state index contributed by atoms with van der Waals surface area (Å²) in [6.07, 6.45) is 5.16. The van der Waals surface area contributed by atoms with Gasteiger partial charge in [0.15, 0.2) is 0 Å². The zero-order chi connectivity index (χ0) is 12.0. The zero-order valence-corrected chi connectivity index (χ0v) is 9.98. The Morgan fingerprint density at radius 3 is 2.75 bits per heavy atom. The number of hydrogen-bond acceptors (Lipinski definition) is 3. The largest absolute Gasteiger partial charge is 0.480 e. The second-order valence-corrected chi connectivity index (χ2v) is 4.77. The number of aliphatic hydroxyl groups is 1. The van der Waals surface area contributed by atoms with Crippen molar-refractivity contribution in [3.63, 3.8) is 0 Å². The van der Waals surface area contributed by atoms with Gasteiger partial charge < -0.3 is 15.5 Å². The van der Waals surface area contributed by atoms with E-state index in [1.165, 1.54) is 0 Å². The predicted octanol–water partition coefficient (Wildman–Crippen LogP) is 1.38. The lowest BCUT2D eigenvalue weighted by atomic mass is 10.1. The van der Waals surface area contributed by atoms with E-state index >= 15 is 0 Å². The third-order valence-electron chi connectivity index (χ3n) is 3.31. The molecule has 1 saturated carbocycles. The third kappa shape index (κ3) is 4.49. The summed E-state index contributed by atoms with van der Waals surface area (Å²) < 4.78 is 0. The molecule has 0 aromatic carbocycles. The van der Waals surface area contributed by atoms with E-state index in [0.717, 1.165) is 38.6 Å². The highest BCUT2D eigenvalue weighted by Crippen LogP contribution is 2.24. The molecular weight excluding hydrogens is 206 g/mol. The van der Waals surface area contributed by atoms with Gasteiger partial charge in [0.25, 0.3) is 0 Å². The number of carbonyl (C=O) groups is 1. The van der Waals surface area contributed by atoms with E-state index < -0.39 is 12.0 Å². The summed E-state index contributed by atoms with van der Waals surface area (Å²) in [6, 6.07) is -0.419. The van der Waals surface area contributed by atoms with E-state index in [4.69, 9.17) is 5.11 Å². The summed E-state index contributed by atoms with van der Waals surface area (Å²) in [6.45, 7) is 2.78. The van der Waals surface area contributed by atoms with Gasteiger partial charge in [-0.3, -0.25) is 4.79 Å². The molecule has 0 saturated heterocycles. The van der Waals surface area contributed by atoms with Crippen LogP contribution in [-0.4, -0.2) is 34.9 Å². The Kier molecular flexibility index (Phi) is 5.77. The summed E-state index contributed by atoms with van der Waals surface area (Å²) in [4.78, 5) is 11.0. The van der Waals surface area contributed by atoms with Crippen LogP contribution in [0, 0.1) is 5.92 Å². The fourth-order valence-corrected chi connectivity index (χ4v) is 2.26. The molecule has 16 heavy (non-hydrogen) atoms. The molecule has 4 nitrogen and oxygen atoms in total. The van der Waals surface area contributed by atoms with Gasteiger partial charge in [-0.25, -0.2) is 0 Å². The van der Waals surface area contributed by atoms with Crippen LogP contribution < -0.4 is 5.32 Å². The first-order valence-corrected chi connectivity index (χ1v) is 6.27. The SMILES string of the molecule is CCCCC(NCC1CCC(O)C1)C(=O)O. The highest BCUT2D eigenvalue weighted by atomic mass is 16.4. The van der Waals surface area contributed by atoms with Crippen molar-refractivity contribution in [2.24, 2.45) is 5.92 Å². The first-order valence-electron chi connectivity index (χ1n) is 6.27. The van der Waals surface area contributed by atoms with Crippen LogP contribution in [0.3, 0.4) is 0 Å². The minimum Gasteiger partial charge on any atom is -0.480 e. The minimum absolute atomic E-state index is 0.175. The summed E-state index contributed by atoms with van der Waals surface area (Å²) >= 11 is 0. The molecule has 1 aliphatic rings. The predicted molar refractivity (Wildman–Crippen MR) is 62.3 cm³/mol. The molecule has 0 aromatic rings. The standard InChI is InChI=1S/C12H23NO3/c1-2-3-4-11(12(15)16)13-8-9-5-6-10(14)7-9/h9-11,13-14H,2-8H2,1H3,(H,15,16). The molecule has 3 N–H and O–H groups in total. The van der Waals surface area contributed by atoms with Crippen LogP contribution in [0.4, 0.5) is 0 Å². The van der Waals surface area contributed by atoms with Gasteiger partial charge in [0.05, 0.1) is 6.10 Å². The number of rotatable bonds is 7. The molecule has 0 heterocycles. The Morgan fingerprint density at radius 2 is 2.25 bits per heavy atom. The molecule has 0 spiro atoms. The van der Waals surface area contributed by atoms with Crippen LogP contribution in [0.25, 0.3) is 0 Å². The van der Waals surface area contributed by atoms with Crippen molar-refractivity contribution >= 4 is 5.97 Å². The van der Waals surface area contributed by atoms with Gasteiger partial charge in [0, 0.05) is 0 Å². The van der Waals surface area contributed by atoms with E-state index in [0.29, 0.717) is 12.3 Å². The summed E-state index contributed by atoms with van der Waals surface area (Å²) in [5, 5.41) is 21.5. The average molecular weight is 229 g/mol. The zero-order valence-electron chi connectivity index (χ0n) is 9.98. The van der Waals surface area contributed by atoms with Crippen LogP contribution >= 0.6 is 0 Å². The average Bonchev–Trinajstić information content (AvgIpc) is 2.64. The number of aliphatic carboxylic acids is 1. The first kappa shape index (κ1) is 13.5. The van der Waals surface area contributed by atoms with Gasteiger partial charge in [-0.05, 0) is 38.1 Å². The Morgan fingerprint density at radius 1 is 1.50 bits per heavy atom. The van der Waals surface area contributed by atoms with Gasteiger partial charge >= 0.3 is 5.97 Å². The van der Waals surface area contributed by atoms with Crippen LogP contribution in [0.1, 0.15) is 45.4 Å². The lowest BCUT2D eigenvalue weighted by Crippen LogP contribution is -2.39. The Labute approximate surface area is 97.0 Å². The van der Waals surface area contributed by atoms with Crippen molar-refractivity contribution in [3.8, 4) is 0 Å². The first-order chi connectivity index (χ1) is 7.63. The van der Waals surface area contributed by atoms with Gasteiger partial charge in [0.2, 0.25) is 0 Å². The van der Waals surface area contributed by atoms with Gasteiger partial charge in [0.1, 0.15) is 6.04 Å². The number of nitrogens with one attached hydrogen (secondary N) is 1. The van der Waals surface area contributed by atoms with Gasteiger partial charge in [-0.1, -0.05) is 19.8 Å². The number of hydrogen-bond donors (Lipinski definition) is 3. The molecule has 3 atom stereocenters. The van der Waals surface area contributed by atoms with E-state index in [1.54, 1.807) is 0 Å². The normalized spacial score (nSPS) is 26.9. The molecule has 1 rings (SSSR count). The van der Waals surface area contributed by atoms with Crippen LogP contribution in [0.2, 0.25) is 0 Å². The Hall–Kier alpha value is -0.610. The van der Waals surface area contributed by atoms with Crippen molar-refractivity contribution in [2.45, 2.75) is 57.6 Å². The number of carboxylic acid groups (broad SMARTS) is 1. The number of aliphatic hydroxyl groups excluding tert-OH is 1. The topological polar surface area (TPSA) is 69.6 Å². The van der Waals surface area contributed by atoms with Crippen LogP contribution in [0.5, 0.6) is 0 Å². The second-order valence-electron chi connectivity index (χ2n) is 4.77. The van der Waals surface area contributed by atoms with Crippen molar-refractivity contribution < 1.29 is 15.0 Å². The molecule has 1 fully saturated rings. The molecule has 0 aliphatic heterocycles. The molecule has 0 radical (unpaired) electrons. The molecule has 4 heteroatoms. The van der Waals surface area contributed by atoms with Gasteiger partial charge in [-0.2, -0.15) is 0 Å².